The summed E-state index contributed by atoms with van der Waals surface area (Å²) in [5.41, 5.74) is 2.25. The van der Waals surface area contributed by atoms with Crippen LogP contribution in [0.3, 0.4) is 0 Å². The highest BCUT2D eigenvalue weighted by Crippen LogP contribution is 2.21. The van der Waals surface area contributed by atoms with Crippen LogP contribution in [0.25, 0.3) is 0 Å². The largest absolute Gasteiger partial charge is 0.496 e. The third-order valence-electron chi connectivity index (χ3n) is 3.80. The molecule has 25 heavy (non-hydrogen) atoms. The SMILES string of the molecule is COc1ccc(S(=O)(=O)N[C@H](C)C(=O)Nc2ccccc2C)cc1C. The monoisotopic (exact) mass is 362 g/mol. The number of methoxy groups -OCH3 is 1. The van der Waals surface area contributed by atoms with E-state index in [-0.39, 0.29) is 4.90 Å². The van der Waals surface area contributed by atoms with Crippen molar-refractivity contribution in [2.24, 2.45) is 0 Å². The van der Waals surface area contributed by atoms with Crippen LogP contribution < -0.4 is 14.8 Å². The van der Waals surface area contributed by atoms with E-state index in [9.17, 15) is 13.2 Å². The van der Waals surface area contributed by atoms with E-state index in [1.165, 1.54) is 26.2 Å². The number of para-hydroxylation sites is 1. The normalized spacial score (nSPS) is 12.5. The first kappa shape index (κ1) is 19.0. The van der Waals surface area contributed by atoms with Gasteiger partial charge in [0, 0.05) is 5.69 Å². The van der Waals surface area contributed by atoms with Crippen LogP contribution in [0.1, 0.15) is 18.1 Å². The number of hydrogen-bond acceptors (Lipinski definition) is 4. The maximum absolute atomic E-state index is 12.5. The van der Waals surface area contributed by atoms with Gasteiger partial charge in [-0.1, -0.05) is 18.2 Å². The Bertz CT molecular complexity index is 878. The summed E-state index contributed by atoms with van der Waals surface area (Å²) >= 11 is 0. The van der Waals surface area contributed by atoms with Gasteiger partial charge in [-0.2, -0.15) is 4.72 Å². The Morgan fingerprint density at radius 3 is 2.36 bits per heavy atom. The number of carbonyl (C=O) groups is 1. The molecule has 0 aromatic heterocycles. The fraction of sp³-hybridized carbons (Fsp3) is 0.278. The molecular formula is C18H22N2O4S. The fourth-order valence-electron chi connectivity index (χ4n) is 2.33. The average molecular weight is 362 g/mol. The van der Waals surface area contributed by atoms with E-state index in [1.54, 1.807) is 25.1 Å². The molecule has 0 bridgehead atoms. The summed E-state index contributed by atoms with van der Waals surface area (Å²) in [6, 6.07) is 10.9. The summed E-state index contributed by atoms with van der Waals surface area (Å²) in [6.07, 6.45) is 0. The lowest BCUT2D eigenvalue weighted by atomic mass is 10.2. The molecule has 134 valence electrons. The first-order chi connectivity index (χ1) is 11.7. The highest BCUT2D eigenvalue weighted by Gasteiger charge is 2.23. The number of aryl methyl sites for hydroxylation is 2. The molecule has 0 aliphatic carbocycles. The minimum absolute atomic E-state index is 0.0846. The van der Waals surface area contributed by atoms with Gasteiger partial charge in [0.15, 0.2) is 0 Å². The summed E-state index contributed by atoms with van der Waals surface area (Å²) in [5, 5.41) is 2.73. The summed E-state index contributed by atoms with van der Waals surface area (Å²) in [4.78, 5) is 12.4. The van der Waals surface area contributed by atoms with E-state index in [0.717, 1.165) is 5.56 Å². The van der Waals surface area contributed by atoms with Crippen LogP contribution in [0.5, 0.6) is 5.75 Å². The van der Waals surface area contributed by atoms with Crippen molar-refractivity contribution in [1.29, 1.82) is 0 Å². The van der Waals surface area contributed by atoms with E-state index in [0.29, 0.717) is 17.0 Å². The molecular weight excluding hydrogens is 340 g/mol. The Labute approximate surface area is 148 Å². The average Bonchev–Trinajstić information content (AvgIpc) is 2.56. The van der Waals surface area contributed by atoms with Gasteiger partial charge in [0.25, 0.3) is 0 Å². The van der Waals surface area contributed by atoms with Gasteiger partial charge in [0.1, 0.15) is 5.75 Å². The van der Waals surface area contributed by atoms with Gasteiger partial charge in [-0.3, -0.25) is 4.79 Å². The summed E-state index contributed by atoms with van der Waals surface area (Å²) in [7, 11) is -2.30. The smallest absolute Gasteiger partial charge is 0.242 e. The Kier molecular flexibility index (Phi) is 5.81. The summed E-state index contributed by atoms with van der Waals surface area (Å²) in [6.45, 7) is 5.12. The maximum atomic E-state index is 12.5. The highest BCUT2D eigenvalue weighted by atomic mass is 32.2. The molecule has 1 amide bonds. The molecule has 1 atom stereocenters. The van der Waals surface area contributed by atoms with E-state index in [4.69, 9.17) is 4.74 Å². The van der Waals surface area contributed by atoms with E-state index < -0.39 is 22.0 Å². The highest BCUT2D eigenvalue weighted by molar-refractivity contribution is 7.89. The molecule has 0 aliphatic heterocycles. The lowest BCUT2D eigenvalue weighted by molar-refractivity contribution is -0.117. The molecule has 0 saturated heterocycles. The predicted molar refractivity (Wildman–Crippen MR) is 97.3 cm³/mol. The zero-order valence-corrected chi connectivity index (χ0v) is 15.5. The molecule has 0 heterocycles. The van der Waals surface area contributed by atoms with E-state index >= 15 is 0 Å². The molecule has 2 aromatic carbocycles. The maximum Gasteiger partial charge on any atom is 0.242 e. The Morgan fingerprint density at radius 1 is 1.08 bits per heavy atom. The first-order valence-corrected chi connectivity index (χ1v) is 9.26. The Balaban J connectivity index is 2.12. The van der Waals surface area contributed by atoms with Gasteiger partial charge >= 0.3 is 0 Å². The minimum atomic E-state index is -3.82. The van der Waals surface area contributed by atoms with Gasteiger partial charge in [-0.15, -0.1) is 0 Å². The molecule has 6 nitrogen and oxygen atoms in total. The number of ether oxygens (including phenoxy) is 1. The van der Waals surface area contributed by atoms with Gasteiger partial charge in [-0.05, 0) is 56.2 Å². The molecule has 0 fully saturated rings. The Morgan fingerprint density at radius 2 is 1.76 bits per heavy atom. The summed E-state index contributed by atoms with van der Waals surface area (Å²) < 4.78 is 32.5. The lowest BCUT2D eigenvalue weighted by Crippen LogP contribution is -2.41. The number of benzene rings is 2. The topological polar surface area (TPSA) is 84.5 Å². The standard InChI is InChI=1S/C18H22N2O4S/c1-12-7-5-6-8-16(12)19-18(21)14(3)20-25(22,23)15-9-10-17(24-4)13(2)11-15/h5-11,14,20H,1-4H3,(H,19,21)/t14-/m1/s1. The minimum Gasteiger partial charge on any atom is -0.496 e. The van der Waals surface area contributed by atoms with Crippen LogP contribution >= 0.6 is 0 Å². The second-order valence-electron chi connectivity index (χ2n) is 5.78. The summed E-state index contributed by atoms with van der Waals surface area (Å²) in [5.74, 6) is 0.174. The Hall–Kier alpha value is -2.38. The number of sulfonamides is 1. The van der Waals surface area contributed by atoms with Crippen LogP contribution in [0.4, 0.5) is 5.69 Å². The zero-order chi connectivity index (χ0) is 18.6. The number of amides is 1. The van der Waals surface area contributed by atoms with Crippen molar-refractivity contribution in [3.63, 3.8) is 0 Å². The first-order valence-electron chi connectivity index (χ1n) is 7.78. The van der Waals surface area contributed by atoms with E-state index in [2.05, 4.69) is 10.0 Å². The number of anilines is 1. The number of hydrogen-bond donors (Lipinski definition) is 2. The van der Waals surface area contributed by atoms with Crippen molar-refractivity contribution in [2.45, 2.75) is 31.7 Å². The van der Waals surface area contributed by atoms with Crippen molar-refractivity contribution in [1.82, 2.24) is 4.72 Å². The van der Waals surface area contributed by atoms with Crippen molar-refractivity contribution in [3.05, 3.63) is 53.6 Å². The molecule has 0 unspecified atom stereocenters. The quantitative estimate of drug-likeness (QED) is 0.827. The van der Waals surface area contributed by atoms with Crippen LogP contribution in [0.2, 0.25) is 0 Å². The molecule has 7 heteroatoms. The molecule has 2 aromatic rings. The molecule has 2 N–H and O–H groups in total. The van der Waals surface area contributed by atoms with E-state index in [1.807, 2.05) is 19.1 Å². The van der Waals surface area contributed by atoms with Crippen molar-refractivity contribution < 1.29 is 17.9 Å². The molecule has 0 radical (unpaired) electrons. The molecule has 0 saturated carbocycles. The van der Waals surface area contributed by atoms with Crippen LogP contribution in [0.15, 0.2) is 47.4 Å². The van der Waals surface area contributed by atoms with Gasteiger partial charge < -0.3 is 10.1 Å². The van der Waals surface area contributed by atoms with Gasteiger partial charge in [0.05, 0.1) is 18.0 Å². The van der Waals surface area contributed by atoms with Crippen molar-refractivity contribution in [3.8, 4) is 5.75 Å². The number of carbonyl (C=O) groups excluding carboxylic acids is 1. The third kappa shape index (κ3) is 4.58. The predicted octanol–water partition coefficient (Wildman–Crippen LogP) is 2.62. The number of nitrogens with one attached hydrogen (secondary N) is 2. The second kappa shape index (κ2) is 7.67. The van der Waals surface area contributed by atoms with Gasteiger partial charge in [-0.25, -0.2) is 8.42 Å². The third-order valence-corrected chi connectivity index (χ3v) is 5.34. The van der Waals surface area contributed by atoms with Crippen molar-refractivity contribution in [2.75, 3.05) is 12.4 Å². The molecule has 0 aliphatic rings. The molecule has 2 rings (SSSR count). The van der Waals surface area contributed by atoms with Crippen LogP contribution in [0, 0.1) is 13.8 Å². The van der Waals surface area contributed by atoms with Crippen LogP contribution in [-0.2, 0) is 14.8 Å². The zero-order valence-electron chi connectivity index (χ0n) is 14.7. The second-order valence-corrected chi connectivity index (χ2v) is 7.49. The molecule has 0 spiro atoms. The van der Waals surface area contributed by atoms with Crippen LogP contribution in [-0.4, -0.2) is 27.5 Å². The fourth-order valence-corrected chi connectivity index (χ4v) is 3.61. The lowest BCUT2D eigenvalue weighted by Gasteiger charge is -2.16. The van der Waals surface area contributed by atoms with Crippen molar-refractivity contribution >= 4 is 21.6 Å². The van der Waals surface area contributed by atoms with Gasteiger partial charge in [0.2, 0.25) is 15.9 Å². The number of rotatable bonds is 6.